The number of carboxylic acids is 1. The summed E-state index contributed by atoms with van der Waals surface area (Å²) >= 11 is 0. The fraction of sp³-hybridized carbons (Fsp3) is 0.167. The molecule has 0 aliphatic heterocycles. The van der Waals surface area contributed by atoms with Gasteiger partial charge >= 0.3 is 5.97 Å². The number of imidazole rings is 1. The molecule has 0 saturated carbocycles. The summed E-state index contributed by atoms with van der Waals surface area (Å²) in [6.45, 7) is 1.90. The monoisotopic (exact) mass is 247 g/mol. The second kappa shape index (κ2) is 4.40. The molecule has 0 radical (unpaired) electrons. The van der Waals surface area contributed by atoms with Crippen LogP contribution in [0.3, 0.4) is 0 Å². The van der Waals surface area contributed by atoms with Crippen molar-refractivity contribution in [2.24, 2.45) is 0 Å². The van der Waals surface area contributed by atoms with Gasteiger partial charge in [0.05, 0.1) is 7.11 Å². The molecule has 1 heterocycles. The first-order valence-corrected chi connectivity index (χ1v) is 5.26. The summed E-state index contributed by atoms with van der Waals surface area (Å²) in [5, 5.41) is 9.11. The molecule has 2 rings (SSSR count). The van der Waals surface area contributed by atoms with Crippen molar-refractivity contribution in [2.75, 3.05) is 12.8 Å². The van der Waals surface area contributed by atoms with Gasteiger partial charge in [0.25, 0.3) is 0 Å². The van der Waals surface area contributed by atoms with E-state index in [1.54, 1.807) is 12.1 Å². The number of aromatic nitrogens is 2. The van der Waals surface area contributed by atoms with Gasteiger partial charge < -0.3 is 20.6 Å². The van der Waals surface area contributed by atoms with Crippen LogP contribution in [0.1, 0.15) is 16.1 Å². The quantitative estimate of drug-likeness (QED) is 0.765. The Morgan fingerprint density at radius 3 is 2.83 bits per heavy atom. The van der Waals surface area contributed by atoms with Gasteiger partial charge in [-0.25, -0.2) is 9.78 Å². The van der Waals surface area contributed by atoms with Gasteiger partial charge in [0.1, 0.15) is 11.4 Å². The van der Waals surface area contributed by atoms with Crippen LogP contribution in [0.2, 0.25) is 0 Å². The summed E-state index contributed by atoms with van der Waals surface area (Å²) < 4.78 is 5.21. The Bertz CT molecular complexity index is 605. The molecule has 1 aromatic heterocycles. The van der Waals surface area contributed by atoms with Crippen LogP contribution in [0.25, 0.3) is 11.3 Å². The zero-order valence-electron chi connectivity index (χ0n) is 10.0. The van der Waals surface area contributed by atoms with E-state index >= 15 is 0 Å². The Labute approximate surface area is 103 Å². The first-order chi connectivity index (χ1) is 8.52. The zero-order chi connectivity index (χ0) is 13.3. The molecule has 6 nitrogen and oxygen atoms in total. The first kappa shape index (κ1) is 12.0. The number of nitrogens with zero attached hydrogens (tertiary/aromatic N) is 1. The number of ether oxygens (including phenoxy) is 1. The standard InChI is InChI=1S/C12H13N3O3/c1-6-3-4-8(18-2)7(5-6)9-10(11(16)17)15-12(13)14-9/h3-5H,1-2H3,(H,16,17)(H3,13,14,15). The van der Waals surface area contributed by atoms with E-state index in [0.717, 1.165) is 5.56 Å². The van der Waals surface area contributed by atoms with Crippen LogP contribution in [0.5, 0.6) is 5.75 Å². The number of nitrogen functional groups attached to an aromatic ring is 1. The molecule has 0 bridgehead atoms. The van der Waals surface area contributed by atoms with Crippen molar-refractivity contribution in [1.82, 2.24) is 9.97 Å². The van der Waals surface area contributed by atoms with E-state index in [2.05, 4.69) is 9.97 Å². The van der Waals surface area contributed by atoms with Gasteiger partial charge in [-0.1, -0.05) is 11.6 Å². The molecular weight excluding hydrogens is 234 g/mol. The number of methoxy groups -OCH3 is 1. The number of rotatable bonds is 3. The highest BCUT2D eigenvalue weighted by molar-refractivity contribution is 5.94. The Kier molecular flexibility index (Phi) is 2.93. The molecule has 0 amide bonds. The van der Waals surface area contributed by atoms with Crippen molar-refractivity contribution >= 4 is 11.9 Å². The second-order valence-corrected chi connectivity index (χ2v) is 3.85. The minimum absolute atomic E-state index is 0.0450. The molecule has 4 N–H and O–H groups in total. The van der Waals surface area contributed by atoms with E-state index in [1.165, 1.54) is 7.11 Å². The summed E-state index contributed by atoms with van der Waals surface area (Å²) in [6.07, 6.45) is 0. The average Bonchev–Trinajstić information content (AvgIpc) is 2.71. The summed E-state index contributed by atoms with van der Waals surface area (Å²) in [6, 6.07) is 5.45. The zero-order valence-corrected chi connectivity index (χ0v) is 10.0. The number of benzene rings is 1. The minimum Gasteiger partial charge on any atom is -0.496 e. The molecule has 18 heavy (non-hydrogen) atoms. The first-order valence-electron chi connectivity index (χ1n) is 5.26. The van der Waals surface area contributed by atoms with Crippen LogP contribution in [0.15, 0.2) is 18.2 Å². The van der Waals surface area contributed by atoms with E-state index in [0.29, 0.717) is 11.3 Å². The van der Waals surface area contributed by atoms with E-state index in [4.69, 9.17) is 15.6 Å². The number of carbonyl (C=O) groups is 1. The van der Waals surface area contributed by atoms with Crippen LogP contribution in [0, 0.1) is 6.92 Å². The third-order valence-corrected chi connectivity index (χ3v) is 2.55. The lowest BCUT2D eigenvalue weighted by atomic mass is 10.1. The minimum atomic E-state index is -1.11. The lowest BCUT2D eigenvalue weighted by molar-refractivity contribution is 0.0692. The number of aromatic carboxylic acids is 1. The molecule has 0 unspecified atom stereocenters. The molecule has 1 aromatic carbocycles. The Balaban J connectivity index is 2.68. The van der Waals surface area contributed by atoms with E-state index in [1.807, 2.05) is 13.0 Å². The lowest BCUT2D eigenvalue weighted by Gasteiger charge is -2.08. The highest BCUT2D eigenvalue weighted by Crippen LogP contribution is 2.32. The summed E-state index contributed by atoms with van der Waals surface area (Å²) in [5.41, 5.74) is 7.32. The molecule has 0 spiro atoms. The van der Waals surface area contributed by atoms with Crippen LogP contribution < -0.4 is 10.5 Å². The predicted octanol–water partition coefficient (Wildman–Crippen LogP) is 1.67. The third-order valence-electron chi connectivity index (χ3n) is 2.55. The van der Waals surface area contributed by atoms with Gasteiger partial charge in [-0.2, -0.15) is 0 Å². The Hall–Kier alpha value is -2.50. The van der Waals surface area contributed by atoms with Crippen LogP contribution in [-0.2, 0) is 0 Å². The molecule has 6 heteroatoms. The summed E-state index contributed by atoms with van der Waals surface area (Å²) in [7, 11) is 1.52. The summed E-state index contributed by atoms with van der Waals surface area (Å²) in [5.74, 6) is -0.502. The SMILES string of the molecule is COc1ccc(C)cc1-c1nc(N)[nH]c1C(=O)O. The fourth-order valence-corrected chi connectivity index (χ4v) is 1.75. The highest BCUT2D eigenvalue weighted by atomic mass is 16.5. The maximum Gasteiger partial charge on any atom is 0.354 e. The second-order valence-electron chi connectivity index (χ2n) is 3.85. The molecule has 0 saturated heterocycles. The molecule has 0 aliphatic rings. The molecule has 0 fully saturated rings. The number of anilines is 1. The summed E-state index contributed by atoms with van der Waals surface area (Å²) in [4.78, 5) is 17.7. The van der Waals surface area contributed by atoms with Gasteiger partial charge in [-0.05, 0) is 19.1 Å². The van der Waals surface area contributed by atoms with Gasteiger partial charge in [0.15, 0.2) is 11.6 Å². The van der Waals surface area contributed by atoms with Crippen molar-refractivity contribution < 1.29 is 14.6 Å². The number of hydrogen-bond acceptors (Lipinski definition) is 4. The van der Waals surface area contributed by atoms with E-state index in [9.17, 15) is 4.79 Å². The van der Waals surface area contributed by atoms with Crippen molar-refractivity contribution in [1.29, 1.82) is 0 Å². The predicted molar refractivity (Wildman–Crippen MR) is 66.7 cm³/mol. The number of nitrogens with two attached hydrogens (primary N) is 1. The normalized spacial score (nSPS) is 10.3. The van der Waals surface area contributed by atoms with Gasteiger partial charge in [-0.15, -0.1) is 0 Å². The van der Waals surface area contributed by atoms with Crippen LogP contribution in [-0.4, -0.2) is 28.2 Å². The van der Waals surface area contributed by atoms with Crippen LogP contribution >= 0.6 is 0 Å². The lowest BCUT2D eigenvalue weighted by Crippen LogP contribution is -2.00. The number of aromatic amines is 1. The largest absolute Gasteiger partial charge is 0.496 e. The smallest absolute Gasteiger partial charge is 0.354 e. The van der Waals surface area contributed by atoms with E-state index in [-0.39, 0.29) is 17.3 Å². The van der Waals surface area contributed by atoms with Crippen molar-refractivity contribution in [3.63, 3.8) is 0 Å². The fourth-order valence-electron chi connectivity index (χ4n) is 1.75. The number of nitrogens with one attached hydrogen (secondary N) is 1. The topological polar surface area (TPSA) is 101 Å². The Morgan fingerprint density at radius 2 is 2.22 bits per heavy atom. The van der Waals surface area contributed by atoms with Gasteiger partial charge in [0.2, 0.25) is 0 Å². The Morgan fingerprint density at radius 1 is 1.50 bits per heavy atom. The van der Waals surface area contributed by atoms with Crippen molar-refractivity contribution in [3.05, 3.63) is 29.5 Å². The molecule has 2 aromatic rings. The van der Waals surface area contributed by atoms with Crippen molar-refractivity contribution in [2.45, 2.75) is 6.92 Å². The van der Waals surface area contributed by atoms with Gasteiger partial charge in [0, 0.05) is 5.56 Å². The number of hydrogen-bond donors (Lipinski definition) is 3. The molecule has 0 aliphatic carbocycles. The average molecular weight is 247 g/mol. The highest BCUT2D eigenvalue weighted by Gasteiger charge is 2.19. The third kappa shape index (κ3) is 2.00. The van der Waals surface area contributed by atoms with Gasteiger partial charge in [-0.3, -0.25) is 0 Å². The van der Waals surface area contributed by atoms with Crippen molar-refractivity contribution in [3.8, 4) is 17.0 Å². The maximum atomic E-state index is 11.1. The maximum absolute atomic E-state index is 11.1. The van der Waals surface area contributed by atoms with E-state index < -0.39 is 5.97 Å². The number of H-pyrrole nitrogens is 1. The molecule has 94 valence electrons. The number of aryl methyl sites for hydroxylation is 1. The molecular formula is C12H13N3O3. The molecule has 0 atom stereocenters. The van der Waals surface area contributed by atoms with Crippen LogP contribution in [0.4, 0.5) is 5.95 Å². The number of carboxylic acid groups (broad SMARTS) is 1.